The van der Waals surface area contributed by atoms with Gasteiger partial charge >= 0.3 is 0 Å². The molecule has 0 radical (unpaired) electrons. The summed E-state index contributed by atoms with van der Waals surface area (Å²) in [6.45, 7) is -0.231. The number of phenols is 1. The molecular formula is C16H12FNO3. The van der Waals surface area contributed by atoms with Crippen LogP contribution in [-0.2, 0) is 0 Å². The molecule has 0 saturated heterocycles. The zero-order chi connectivity index (χ0) is 15.2. The van der Waals surface area contributed by atoms with Gasteiger partial charge in [0.2, 0.25) is 0 Å². The minimum atomic E-state index is -0.794. The SMILES string of the molecule is O=C(Nc1ccc(C#CCO)cc1)c1c(O)cccc1F. The molecule has 3 N–H and O–H groups in total. The molecule has 0 saturated carbocycles. The first-order valence-electron chi connectivity index (χ1n) is 6.10. The van der Waals surface area contributed by atoms with Crippen molar-refractivity contribution in [2.24, 2.45) is 0 Å². The summed E-state index contributed by atoms with van der Waals surface area (Å²) < 4.78 is 13.5. The van der Waals surface area contributed by atoms with Gasteiger partial charge in [0.05, 0.1) is 0 Å². The molecule has 0 aliphatic heterocycles. The molecule has 1 amide bonds. The second kappa shape index (κ2) is 6.55. The van der Waals surface area contributed by atoms with Crippen LogP contribution in [0.2, 0.25) is 0 Å². The summed E-state index contributed by atoms with van der Waals surface area (Å²) in [5.41, 5.74) is 0.717. The number of nitrogens with one attached hydrogen (secondary N) is 1. The number of rotatable bonds is 2. The van der Waals surface area contributed by atoms with Crippen LogP contribution in [0.15, 0.2) is 42.5 Å². The Morgan fingerprint density at radius 2 is 1.90 bits per heavy atom. The number of anilines is 1. The Kier molecular flexibility index (Phi) is 4.54. The molecule has 0 fully saturated rings. The molecule has 0 heterocycles. The number of benzene rings is 2. The van der Waals surface area contributed by atoms with Crippen LogP contribution in [0.25, 0.3) is 0 Å². The van der Waals surface area contributed by atoms with Gasteiger partial charge in [-0.25, -0.2) is 4.39 Å². The van der Waals surface area contributed by atoms with Crippen LogP contribution in [0.4, 0.5) is 10.1 Å². The molecule has 0 aromatic heterocycles. The number of halogens is 1. The highest BCUT2D eigenvalue weighted by molar-refractivity contribution is 6.06. The van der Waals surface area contributed by atoms with Gasteiger partial charge < -0.3 is 15.5 Å². The number of aromatic hydroxyl groups is 1. The van der Waals surface area contributed by atoms with Gasteiger partial charge in [0.25, 0.3) is 5.91 Å². The van der Waals surface area contributed by atoms with Gasteiger partial charge in [-0.2, -0.15) is 0 Å². The molecule has 0 unspecified atom stereocenters. The molecule has 2 aromatic carbocycles. The summed E-state index contributed by atoms with van der Waals surface area (Å²) in [7, 11) is 0. The lowest BCUT2D eigenvalue weighted by atomic mass is 10.1. The summed E-state index contributed by atoms with van der Waals surface area (Å²) in [6, 6.07) is 10.1. The third-order valence-corrected chi connectivity index (χ3v) is 2.67. The summed E-state index contributed by atoms with van der Waals surface area (Å²) in [4.78, 5) is 11.9. The number of hydrogen-bond donors (Lipinski definition) is 3. The Hall–Kier alpha value is -2.84. The Balaban J connectivity index is 2.16. The molecule has 2 aromatic rings. The quantitative estimate of drug-likeness (QED) is 0.740. The van der Waals surface area contributed by atoms with E-state index in [0.717, 1.165) is 6.07 Å². The van der Waals surface area contributed by atoms with Gasteiger partial charge in [0, 0.05) is 11.3 Å². The molecule has 0 bridgehead atoms. The predicted molar refractivity (Wildman–Crippen MR) is 76.4 cm³/mol. The van der Waals surface area contributed by atoms with E-state index in [-0.39, 0.29) is 6.61 Å². The minimum Gasteiger partial charge on any atom is -0.507 e. The van der Waals surface area contributed by atoms with Crippen LogP contribution in [0, 0.1) is 17.7 Å². The largest absolute Gasteiger partial charge is 0.507 e. The van der Waals surface area contributed by atoms with Crippen LogP contribution in [-0.4, -0.2) is 22.7 Å². The lowest BCUT2D eigenvalue weighted by Crippen LogP contribution is -2.13. The predicted octanol–water partition coefficient (Wildman–Crippen LogP) is 2.13. The van der Waals surface area contributed by atoms with E-state index in [0.29, 0.717) is 11.3 Å². The average Bonchev–Trinajstić information content (AvgIpc) is 2.46. The van der Waals surface area contributed by atoms with Crippen molar-refractivity contribution in [2.75, 3.05) is 11.9 Å². The van der Waals surface area contributed by atoms with Crippen molar-refractivity contribution in [3.05, 3.63) is 59.4 Å². The topological polar surface area (TPSA) is 69.6 Å². The number of carbonyl (C=O) groups is 1. The van der Waals surface area contributed by atoms with Crippen LogP contribution < -0.4 is 5.32 Å². The van der Waals surface area contributed by atoms with Crippen molar-refractivity contribution in [1.82, 2.24) is 0 Å². The highest BCUT2D eigenvalue weighted by Crippen LogP contribution is 2.21. The van der Waals surface area contributed by atoms with E-state index in [1.54, 1.807) is 24.3 Å². The van der Waals surface area contributed by atoms with Crippen LogP contribution >= 0.6 is 0 Å². The molecular weight excluding hydrogens is 273 g/mol. The molecule has 5 heteroatoms. The number of aliphatic hydroxyl groups excluding tert-OH is 1. The summed E-state index contributed by atoms with van der Waals surface area (Å²) >= 11 is 0. The molecule has 0 aliphatic carbocycles. The number of phenolic OH excluding ortho intramolecular Hbond substituents is 1. The monoisotopic (exact) mass is 285 g/mol. The standard InChI is InChI=1S/C16H12FNO3/c17-13-4-1-5-14(20)15(13)16(21)18-12-8-6-11(7-9-12)3-2-10-19/h1,4-9,19-20H,10H2,(H,18,21). The number of carbonyl (C=O) groups excluding carboxylic acids is 1. The lowest BCUT2D eigenvalue weighted by molar-refractivity contribution is 0.102. The second-order valence-electron chi connectivity index (χ2n) is 4.13. The van der Waals surface area contributed by atoms with Crippen molar-refractivity contribution in [3.8, 4) is 17.6 Å². The Morgan fingerprint density at radius 1 is 1.19 bits per heavy atom. The van der Waals surface area contributed by atoms with Gasteiger partial charge in [0.1, 0.15) is 23.7 Å². The fourth-order valence-electron chi connectivity index (χ4n) is 1.71. The summed E-state index contributed by atoms with van der Waals surface area (Å²) in [6.07, 6.45) is 0. The average molecular weight is 285 g/mol. The van der Waals surface area contributed by atoms with Crippen molar-refractivity contribution in [3.63, 3.8) is 0 Å². The van der Waals surface area contributed by atoms with Gasteiger partial charge in [-0.3, -0.25) is 4.79 Å². The third-order valence-electron chi connectivity index (χ3n) is 2.67. The van der Waals surface area contributed by atoms with Gasteiger partial charge in [0.15, 0.2) is 0 Å². The van der Waals surface area contributed by atoms with Gasteiger partial charge in [-0.05, 0) is 36.4 Å². The van der Waals surface area contributed by atoms with Crippen molar-refractivity contribution >= 4 is 11.6 Å². The maximum Gasteiger partial charge on any atom is 0.262 e. The van der Waals surface area contributed by atoms with E-state index >= 15 is 0 Å². The summed E-state index contributed by atoms with van der Waals surface area (Å²) in [5.74, 6) is 3.26. The van der Waals surface area contributed by atoms with Crippen molar-refractivity contribution in [1.29, 1.82) is 0 Å². The first kappa shape index (κ1) is 14.6. The van der Waals surface area contributed by atoms with Gasteiger partial charge in [-0.15, -0.1) is 0 Å². The van der Waals surface area contributed by atoms with Crippen LogP contribution in [0.3, 0.4) is 0 Å². The zero-order valence-electron chi connectivity index (χ0n) is 10.9. The lowest BCUT2D eigenvalue weighted by Gasteiger charge is -2.07. The second-order valence-corrected chi connectivity index (χ2v) is 4.13. The Labute approximate surface area is 120 Å². The molecule has 4 nitrogen and oxygen atoms in total. The highest BCUT2D eigenvalue weighted by Gasteiger charge is 2.16. The maximum atomic E-state index is 13.5. The first-order valence-corrected chi connectivity index (χ1v) is 6.10. The third kappa shape index (κ3) is 3.59. The first-order chi connectivity index (χ1) is 10.1. The molecule has 0 atom stereocenters. The minimum absolute atomic E-state index is 0.231. The van der Waals surface area contributed by atoms with E-state index in [2.05, 4.69) is 17.2 Å². The van der Waals surface area contributed by atoms with E-state index in [1.807, 2.05) is 0 Å². The molecule has 0 spiro atoms. The maximum absolute atomic E-state index is 13.5. The Morgan fingerprint density at radius 3 is 2.52 bits per heavy atom. The smallest absolute Gasteiger partial charge is 0.262 e. The number of hydrogen-bond acceptors (Lipinski definition) is 3. The van der Waals surface area contributed by atoms with Crippen LogP contribution in [0.5, 0.6) is 5.75 Å². The fourth-order valence-corrected chi connectivity index (χ4v) is 1.71. The Bertz CT molecular complexity index is 694. The molecule has 21 heavy (non-hydrogen) atoms. The van der Waals surface area contributed by atoms with Crippen molar-refractivity contribution < 1.29 is 19.4 Å². The normalized spacial score (nSPS) is 9.62. The fraction of sp³-hybridized carbons (Fsp3) is 0.0625. The van der Waals surface area contributed by atoms with E-state index in [1.165, 1.54) is 12.1 Å². The molecule has 106 valence electrons. The van der Waals surface area contributed by atoms with E-state index < -0.39 is 23.0 Å². The summed E-state index contributed by atoms with van der Waals surface area (Å²) in [5, 5.41) is 20.6. The van der Waals surface area contributed by atoms with Crippen LogP contribution in [0.1, 0.15) is 15.9 Å². The molecule has 2 rings (SSSR count). The zero-order valence-corrected chi connectivity index (χ0v) is 10.9. The van der Waals surface area contributed by atoms with E-state index in [4.69, 9.17) is 5.11 Å². The van der Waals surface area contributed by atoms with Gasteiger partial charge in [-0.1, -0.05) is 17.9 Å². The highest BCUT2D eigenvalue weighted by atomic mass is 19.1. The molecule has 0 aliphatic rings. The number of amides is 1. The van der Waals surface area contributed by atoms with Crippen molar-refractivity contribution in [2.45, 2.75) is 0 Å². The van der Waals surface area contributed by atoms with E-state index in [9.17, 15) is 14.3 Å². The number of aliphatic hydroxyl groups is 1.